The van der Waals surface area contributed by atoms with E-state index in [1.807, 2.05) is 0 Å². The molecule has 0 atom stereocenters. The Labute approximate surface area is 108 Å². The van der Waals surface area contributed by atoms with E-state index in [4.69, 9.17) is 10.7 Å². The van der Waals surface area contributed by atoms with Crippen LogP contribution in [0.5, 0.6) is 0 Å². The maximum atomic E-state index is 5.80. The molecule has 2 N–H and O–H groups in total. The van der Waals surface area contributed by atoms with Crippen LogP contribution in [0.4, 0.5) is 5.13 Å². The zero-order chi connectivity index (χ0) is 12.3. The van der Waals surface area contributed by atoms with Gasteiger partial charge in [-0.1, -0.05) is 26.2 Å². The van der Waals surface area contributed by atoms with Gasteiger partial charge in [-0.25, -0.2) is 4.98 Å². The molecule has 1 heterocycles. The highest BCUT2D eigenvalue weighted by atomic mass is 32.1. The van der Waals surface area contributed by atoms with Crippen molar-refractivity contribution >= 4 is 16.5 Å². The van der Waals surface area contributed by atoms with Crippen molar-refractivity contribution in [3.63, 3.8) is 0 Å². The van der Waals surface area contributed by atoms with Crippen molar-refractivity contribution in [2.45, 2.75) is 58.0 Å². The summed E-state index contributed by atoms with van der Waals surface area (Å²) >= 11 is 1.78. The van der Waals surface area contributed by atoms with Gasteiger partial charge in [0.25, 0.3) is 0 Å². The van der Waals surface area contributed by atoms with Crippen molar-refractivity contribution in [1.82, 2.24) is 4.98 Å². The van der Waals surface area contributed by atoms with Crippen LogP contribution in [0.15, 0.2) is 0 Å². The van der Waals surface area contributed by atoms with Gasteiger partial charge in [0, 0.05) is 24.5 Å². The predicted octanol–water partition coefficient (Wildman–Crippen LogP) is 2.93. The van der Waals surface area contributed by atoms with Gasteiger partial charge < -0.3 is 10.6 Å². The highest BCUT2D eigenvalue weighted by molar-refractivity contribution is 7.15. The summed E-state index contributed by atoms with van der Waals surface area (Å²) in [6, 6.07) is 0.696. The van der Waals surface area contributed by atoms with Crippen LogP contribution in [0, 0.1) is 0 Å². The Hall–Kier alpha value is -0.610. The molecule has 1 aliphatic rings. The van der Waals surface area contributed by atoms with Gasteiger partial charge in [0.2, 0.25) is 0 Å². The fraction of sp³-hybridized carbons (Fsp3) is 0.769. The van der Waals surface area contributed by atoms with Gasteiger partial charge >= 0.3 is 0 Å². The molecule has 96 valence electrons. The molecule has 0 unspecified atom stereocenters. The number of aromatic nitrogens is 1. The molecule has 1 aliphatic carbocycles. The van der Waals surface area contributed by atoms with Crippen LogP contribution in [0.3, 0.4) is 0 Å². The van der Waals surface area contributed by atoms with Crippen LogP contribution in [0.1, 0.15) is 49.6 Å². The van der Waals surface area contributed by atoms with E-state index in [-0.39, 0.29) is 0 Å². The molecule has 1 aromatic heterocycles. The summed E-state index contributed by atoms with van der Waals surface area (Å²) < 4.78 is 0. The lowest BCUT2D eigenvalue weighted by molar-refractivity contribution is 0.650. The molecular weight excluding hydrogens is 230 g/mol. The first-order valence-electron chi connectivity index (χ1n) is 6.67. The molecule has 0 aliphatic heterocycles. The molecule has 1 aromatic rings. The van der Waals surface area contributed by atoms with E-state index >= 15 is 0 Å². The minimum atomic E-state index is 0.630. The summed E-state index contributed by atoms with van der Waals surface area (Å²) in [7, 11) is 2.19. The number of nitrogens with zero attached hydrogens (tertiary/aromatic N) is 2. The minimum absolute atomic E-state index is 0.630. The van der Waals surface area contributed by atoms with E-state index in [1.54, 1.807) is 11.3 Å². The Morgan fingerprint density at radius 1 is 1.41 bits per heavy atom. The summed E-state index contributed by atoms with van der Waals surface area (Å²) in [5, 5.41) is 1.17. The molecule has 2 rings (SSSR count). The van der Waals surface area contributed by atoms with E-state index < -0.39 is 0 Å². The lowest BCUT2D eigenvalue weighted by Crippen LogP contribution is -2.28. The maximum Gasteiger partial charge on any atom is 0.185 e. The van der Waals surface area contributed by atoms with E-state index in [1.165, 1.54) is 41.4 Å². The largest absolute Gasteiger partial charge is 0.348 e. The van der Waals surface area contributed by atoms with Gasteiger partial charge in [-0.05, 0) is 19.3 Å². The number of nitrogens with two attached hydrogens (primary N) is 1. The second kappa shape index (κ2) is 5.83. The molecule has 0 bridgehead atoms. The topological polar surface area (TPSA) is 42.2 Å². The van der Waals surface area contributed by atoms with Crippen LogP contribution in [-0.4, -0.2) is 18.1 Å². The van der Waals surface area contributed by atoms with Gasteiger partial charge in [-0.15, -0.1) is 11.3 Å². The minimum Gasteiger partial charge on any atom is -0.348 e. The first-order chi connectivity index (χ1) is 8.26. The van der Waals surface area contributed by atoms with Gasteiger partial charge in [-0.3, -0.25) is 0 Å². The average Bonchev–Trinajstić information content (AvgIpc) is 2.97. The van der Waals surface area contributed by atoms with Gasteiger partial charge in [0.15, 0.2) is 5.13 Å². The molecule has 0 amide bonds. The first kappa shape index (κ1) is 12.8. The summed E-state index contributed by atoms with van der Waals surface area (Å²) in [4.78, 5) is 8.42. The quantitative estimate of drug-likeness (QED) is 0.877. The number of hydrogen-bond acceptors (Lipinski definition) is 4. The zero-order valence-electron chi connectivity index (χ0n) is 10.9. The zero-order valence-corrected chi connectivity index (χ0v) is 11.7. The highest BCUT2D eigenvalue weighted by Gasteiger charge is 2.22. The molecule has 4 heteroatoms. The fourth-order valence-electron chi connectivity index (χ4n) is 2.56. The Kier molecular flexibility index (Phi) is 4.40. The number of hydrogen-bond donors (Lipinski definition) is 1. The normalized spacial score (nSPS) is 16.6. The molecule has 1 saturated carbocycles. The summed E-state index contributed by atoms with van der Waals surface area (Å²) in [5.41, 5.74) is 7.02. The third-order valence-corrected chi connectivity index (χ3v) is 4.82. The number of rotatable bonds is 5. The van der Waals surface area contributed by atoms with Crippen LogP contribution in [0.2, 0.25) is 0 Å². The third kappa shape index (κ3) is 2.80. The smallest absolute Gasteiger partial charge is 0.185 e. The number of thiazole rings is 1. The molecule has 1 fully saturated rings. The van der Waals surface area contributed by atoms with Crippen LogP contribution in [0.25, 0.3) is 0 Å². The SMILES string of the molecule is CCCc1nc(N(C)C2CCCC2)sc1CN. The van der Waals surface area contributed by atoms with Gasteiger partial charge in [0.05, 0.1) is 5.69 Å². The lowest BCUT2D eigenvalue weighted by Gasteiger charge is -2.23. The second-order valence-electron chi connectivity index (χ2n) is 4.87. The molecule has 0 radical (unpaired) electrons. The molecule has 0 saturated heterocycles. The molecular formula is C13H23N3S. The van der Waals surface area contributed by atoms with Gasteiger partial charge in [0.1, 0.15) is 0 Å². The van der Waals surface area contributed by atoms with E-state index in [0.29, 0.717) is 12.6 Å². The second-order valence-corrected chi connectivity index (χ2v) is 5.93. The summed E-state index contributed by atoms with van der Waals surface area (Å²) in [6.45, 7) is 2.82. The molecule has 0 aromatic carbocycles. The van der Waals surface area contributed by atoms with Gasteiger partial charge in [-0.2, -0.15) is 0 Å². The first-order valence-corrected chi connectivity index (χ1v) is 7.49. The van der Waals surface area contributed by atoms with Crippen molar-refractivity contribution < 1.29 is 0 Å². The third-order valence-electron chi connectivity index (χ3n) is 3.61. The fourth-order valence-corrected chi connectivity index (χ4v) is 3.58. The van der Waals surface area contributed by atoms with Crippen molar-refractivity contribution in [2.75, 3.05) is 11.9 Å². The van der Waals surface area contributed by atoms with Crippen molar-refractivity contribution in [3.05, 3.63) is 10.6 Å². The molecule has 3 nitrogen and oxygen atoms in total. The maximum absolute atomic E-state index is 5.80. The van der Waals surface area contributed by atoms with Crippen LogP contribution < -0.4 is 10.6 Å². The highest BCUT2D eigenvalue weighted by Crippen LogP contribution is 2.31. The Morgan fingerprint density at radius 2 is 2.12 bits per heavy atom. The van der Waals surface area contributed by atoms with E-state index in [9.17, 15) is 0 Å². The predicted molar refractivity (Wildman–Crippen MR) is 74.7 cm³/mol. The molecule has 17 heavy (non-hydrogen) atoms. The van der Waals surface area contributed by atoms with Crippen molar-refractivity contribution in [2.24, 2.45) is 5.73 Å². The summed E-state index contributed by atoms with van der Waals surface area (Å²) in [5.74, 6) is 0. The lowest BCUT2D eigenvalue weighted by atomic mass is 10.2. The van der Waals surface area contributed by atoms with E-state index in [0.717, 1.165) is 12.8 Å². The van der Waals surface area contributed by atoms with Crippen LogP contribution in [-0.2, 0) is 13.0 Å². The Bertz CT molecular complexity index is 356. The van der Waals surface area contributed by atoms with Crippen molar-refractivity contribution in [3.8, 4) is 0 Å². The number of aryl methyl sites for hydroxylation is 1. The summed E-state index contributed by atoms with van der Waals surface area (Å²) in [6.07, 6.45) is 7.57. The standard InChI is InChI=1S/C13H23N3S/c1-3-6-11-12(9-14)17-13(15-11)16(2)10-7-4-5-8-10/h10H,3-9,14H2,1-2H3. The van der Waals surface area contributed by atoms with Crippen molar-refractivity contribution in [1.29, 1.82) is 0 Å². The van der Waals surface area contributed by atoms with Crippen LogP contribution >= 0.6 is 11.3 Å². The monoisotopic (exact) mass is 253 g/mol. The van der Waals surface area contributed by atoms with E-state index in [2.05, 4.69) is 18.9 Å². The molecule has 0 spiro atoms. The average molecular weight is 253 g/mol. The Morgan fingerprint density at radius 3 is 2.71 bits per heavy atom. The number of anilines is 1. The Balaban J connectivity index is 2.14.